The number of nitrogens with zero attached hydrogens (tertiary/aromatic N) is 1. The van der Waals surface area contributed by atoms with Gasteiger partial charge < -0.3 is 21.4 Å². The van der Waals surface area contributed by atoms with Gasteiger partial charge in [-0.25, -0.2) is 0 Å². The average molecular weight is 418 g/mol. The van der Waals surface area contributed by atoms with Crippen molar-refractivity contribution < 1.29 is 9.59 Å². The zero-order valence-electron chi connectivity index (χ0n) is 17.3. The van der Waals surface area contributed by atoms with Crippen LogP contribution in [0.15, 0.2) is 53.3 Å². The Morgan fingerprint density at radius 2 is 1.65 bits per heavy atom. The predicted octanol–water partition coefficient (Wildman–Crippen LogP) is 1.79. The lowest BCUT2D eigenvalue weighted by Crippen LogP contribution is -2.42. The molecule has 0 radical (unpaired) electrons. The summed E-state index contributed by atoms with van der Waals surface area (Å²) in [4.78, 5) is 38.7. The first-order valence-electron chi connectivity index (χ1n) is 10.6. The molecule has 1 aliphatic carbocycles. The highest BCUT2D eigenvalue weighted by Gasteiger charge is 2.32. The second-order valence-corrected chi connectivity index (χ2v) is 7.78. The molecule has 4 rings (SSSR count). The van der Waals surface area contributed by atoms with E-state index in [-0.39, 0.29) is 30.3 Å². The van der Waals surface area contributed by atoms with Crippen molar-refractivity contribution >= 4 is 22.5 Å². The fourth-order valence-corrected chi connectivity index (χ4v) is 4.20. The van der Waals surface area contributed by atoms with E-state index in [1.54, 1.807) is 22.8 Å². The van der Waals surface area contributed by atoms with E-state index in [9.17, 15) is 14.4 Å². The van der Waals surface area contributed by atoms with Crippen molar-refractivity contribution in [2.75, 3.05) is 13.1 Å². The maximum atomic E-state index is 13.3. The number of hydrogen-bond donors (Lipinski definition) is 3. The number of rotatable bonds is 8. The molecule has 1 aromatic heterocycles. The first kappa shape index (κ1) is 21.0. The number of pyridine rings is 1. The van der Waals surface area contributed by atoms with Crippen LogP contribution >= 0.6 is 0 Å². The van der Waals surface area contributed by atoms with Crippen molar-refractivity contribution in [3.8, 4) is 11.3 Å². The van der Waals surface area contributed by atoms with Gasteiger partial charge in [0.25, 0.3) is 5.56 Å². The SMILES string of the molecule is NCCCC[C@@H](N)C(=O)NCCn1c2c(c3ccccc3c1=O)C(=O)c1ccccc1-2. The highest BCUT2D eigenvalue weighted by molar-refractivity contribution is 6.26. The Morgan fingerprint density at radius 3 is 2.39 bits per heavy atom. The van der Waals surface area contributed by atoms with Gasteiger partial charge in [-0.2, -0.15) is 0 Å². The second kappa shape index (κ2) is 8.83. The maximum Gasteiger partial charge on any atom is 0.259 e. The summed E-state index contributed by atoms with van der Waals surface area (Å²) in [6.07, 6.45) is 2.19. The molecule has 1 amide bonds. The third-order valence-electron chi connectivity index (χ3n) is 5.77. The molecule has 3 aromatic rings. The van der Waals surface area contributed by atoms with E-state index in [1.165, 1.54) is 0 Å². The molecule has 0 fully saturated rings. The first-order chi connectivity index (χ1) is 15.0. The minimum Gasteiger partial charge on any atom is -0.353 e. The average Bonchev–Trinajstić information content (AvgIpc) is 3.09. The summed E-state index contributed by atoms with van der Waals surface area (Å²) in [5.74, 6) is -0.333. The Morgan fingerprint density at radius 1 is 0.968 bits per heavy atom. The number of amides is 1. The lowest BCUT2D eigenvalue weighted by atomic mass is 10.0. The molecule has 0 saturated heterocycles. The molecule has 1 aliphatic rings. The number of nitrogens with two attached hydrogens (primary N) is 2. The largest absolute Gasteiger partial charge is 0.353 e. The van der Waals surface area contributed by atoms with Gasteiger partial charge in [0.1, 0.15) is 0 Å². The Balaban J connectivity index is 1.65. The molecule has 7 heteroatoms. The number of unbranched alkanes of at least 4 members (excludes halogenated alkanes) is 1. The number of carbonyl (C=O) groups excluding carboxylic acids is 2. The zero-order chi connectivity index (χ0) is 22.0. The molecular formula is C24H26N4O3. The molecule has 0 aliphatic heterocycles. The third kappa shape index (κ3) is 3.78. The van der Waals surface area contributed by atoms with E-state index < -0.39 is 6.04 Å². The van der Waals surface area contributed by atoms with Crippen LogP contribution in [0.4, 0.5) is 0 Å². The molecule has 0 spiro atoms. The van der Waals surface area contributed by atoms with Crippen molar-refractivity contribution in [2.45, 2.75) is 31.8 Å². The quantitative estimate of drug-likeness (QED) is 0.377. The summed E-state index contributed by atoms with van der Waals surface area (Å²) in [5, 5.41) is 3.97. The van der Waals surface area contributed by atoms with E-state index in [1.807, 2.05) is 30.3 Å². The van der Waals surface area contributed by atoms with E-state index in [4.69, 9.17) is 11.5 Å². The molecule has 1 heterocycles. The lowest BCUT2D eigenvalue weighted by molar-refractivity contribution is -0.122. The van der Waals surface area contributed by atoms with Gasteiger partial charge in [0.05, 0.1) is 17.3 Å². The molecule has 2 aromatic carbocycles. The minimum absolute atomic E-state index is 0.0819. The molecular weight excluding hydrogens is 392 g/mol. The van der Waals surface area contributed by atoms with Crippen molar-refractivity contribution in [3.05, 3.63) is 70.0 Å². The predicted molar refractivity (Wildman–Crippen MR) is 121 cm³/mol. The van der Waals surface area contributed by atoms with E-state index in [2.05, 4.69) is 5.32 Å². The highest BCUT2D eigenvalue weighted by Crippen LogP contribution is 2.38. The monoisotopic (exact) mass is 418 g/mol. The van der Waals surface area contributed by atoms with Crippen molar-refractivity contribution in [1.82, 2.24) is 9.88 Å². The van der Waals surface area contributed by atoms with Gasteiger partial charge in [0, 0.05) is 35.0 Å². The normalized spacial score (nSPS) is 13.2. The van der Waals surface area contributed by atoms with Crippen LogP contribution in [-0.2, 0) is 11.3 Å². The second-order valence-electron chi connectivity index (χ2n) is 7.78. The highest BCUT2D eigenvalue weighted by atomic mass is 16.2. The van der Waals surface area contributed by atoms with Crippen LogP contribution in [0.2, 0.25) is 0 Å². The van der Waals surface area contributed by atoms with Crippen LogP contribution < -0.4 is 22.3 Å². The summed E-state index contributed by atoms with van der Waals surface area (Å²) in [6.45, 7) is 1.06. The van der Waals surface area contributed by atoms with Crippen LogP contribution in [0.3, 0.4) is 0 Å². The lowest BCUT2D eigenvalue weighted by Gasteiger charge is -2.16. The Kier molecular flexibility index (Phi) is 5.97. The molecule has 5 N–H and O–H groups in total. The standard InChI is InChI=1S/C24H26N4O3/c25-12-6-5-11-19(26)23(30)27-13-14-28-21-16-8-2-3-9-17(16)22(29)20(21)15-7-1-4-10-18(15)24(28)31/h1-4,7-10,19H,5-6,11-14,25-26H2,(H,27,30)/t19-/m1/s1. The van der Waals surface area contributed by atoms with Gasteiger partial charge >= 0.3 is 0 Å². The number of carbonyl (C=O) groups is 2. The smallest absolute Gasteiger partial charge is 0.259 e. The van der Waals surface area contributed by atoms with Gasteiger partial charge in [-0.15, -0.1) is 0 Å². The van der Waals surface area contributed by atoms with Gasteiger partial charge in [0.15, 0.2) is 5.78 Å². The molecule has 31 heavy (non-hydrogen) atoms. The van der Waals surface area contributed by atoms with Gasteiger partial charge in [-0.3, -0.25) is 14.4 Å². The van der Waals surface area contributed by atoms with Crippen LogP contribution in [0.1, 0.15) is 35.2 Å². The summed E-state index contributed by atoms with van der Waals surface area (Å²) < 4.78 is 1.60. The van der Waals surface area contributed by atoms with Crippen molar-refractivity contribution in [2.24, 2.45) is 11.5 Å². The summed E-state index contributed by atoms with van der Waals surface area (Å²) in [5.41, 5.74) is 13.7. The topological polar surface area (TPSA) is 120 Å². The van der Waals surface area contributed by atoms with Crippen LogP contribution in [0, 0.1) is 0 Å². The summed E-state index contributed by atoms with van der Waals surface area (Å²) >= 11 is 0. The van der Waals surface area contributed by atoms with E-state index >= 15 is 0 Å². The fraction of sp³-hybridized carbons (Fsp3) is 0.292. The van der Waals surface area contributed by atoms with Crippen LogP contribution in [-0.4, -0.2) is 35.4 Å². The van der Waals surface area contributed by atoms with Crippen molar-refractivity contribution in [1.29, 1.82) is 0 Å². The molecule has 7 nitrogen and oxygen atoms in total. The number of ketones is 1. The maximum absolute atomic E-state index is 13.3. The summed E-state index contributed by atoms with van der Waals surface area (Å²) in [6, 6.07) is 13.9. The molecule has 160 valence electrons. The number of fused-ring (bicyclic) bond motifs is 5. The van der Waals surface area contributed by atoms with Gasteiger partial charge in [0.2, 0.25) is 5.91 Å². The Labute approximate surface area is 180 Å². The first-order valence-corrected chi connectivity index (χ1v) is 10.6. The molecule has 0 unspecified atom stereocenters. The van der Waals surface area contributed by atoms with Gasteiger partial charge in [-0.05, 0) is 25.5 Å². The minimum atomic E-state index is -0.604. The Hall–Kier alpha value is -3.29. The molecule has 0 saturated carbocycles. The molecule has 0 bridgehead atoms. The van der Waals surface area contributed by atoms with Crippen LogP contribution in [0.25, 0.3) is 22.0 Å². The number of hydrogen-bond acceptors (Lipinski definition) is 5. The number of nitrogens with one attached hydrogen (secondary N) is 1. The summed E-state index contributed by atoms with van der Waals surface area (Å²) in [7, 11) is 0. The fourth-order valence-electron chi connectivity index (χ4n) is 4.20. The Bertz CT molecular complexity index is 1220. The zero-order valence-corrected chi connectivity index (χ0v) is 17.3. The van der Waals surface area contributed by atoms with Gasteiger partial charge in [-0.1, -0.05) is 48.9 Å². The molecule has 1 atom stereocenters. The third-order valence-corrected chi connectivity index (χ3v) is 5.77. The van der Waals surface area contributed by atoms with Crippen molar-refractivity contribution in [3.63, 3.8) is 0 Å². The van der Waals surface area contributed by atoms with E-state index in [0.29, 0.717) is 40.6 Å². The number of aromatic nitrogens is 1. The van der Waals surface area contributed by atoms with E-state index in [0.717, 1.165) is 18.4 Å². The number of benzene rings is 2. The van der Waals surface area contributed by atoms with Crippen LogP contribution in [0.5, 0.6) is 0 Å².